The minimum atomic E-state index is -0.0569. The summed E-state index contributed by atoms with van der Waals surface area (Å²) in [5, 5.41) is 10.2. The summed E-state index contributed by atoms with van der Waals surface area (Å²) in [5.74, 6) is 2.82. The van der Waals surface area contributed by atoms with Crippen molar-refractivity contribution in [1.29, 1.82) is 0 Å². The Morgan fingerprint density at radius 2 is 1.92 bits per heavy atom. The molecule has 26 heavy (non-hydrogen) atoms. The van der Waals surface area contributed by atoms with E-state index in [0.717, 1.165) is 30.6 Å². The van der Waals surface area contributed by atoms with Crippen LogP contribution in [0.3, 0.4) is 0 Å². The largest absolute Gasteiger partial charge is 0.472 e. The van der Waals surface area contributed by atoms with Crippen molar-refractivity contribution in [2.24, 2.45) is 28.6 Å². The molecule has 1 N–H and O–H groups in total. The minimum Gasteiger partial charge on any atom is -0.472 e. The lowest BCUT2D eigenvalue weighted by atomic mass is 9.44. The fourth-order valence-electron chi connectivity index (χ4n) is 8.64. The Labute approximate surface area is 156 Å². The molecule has 0 amide bonds. The third kappa shape index (κ3) is 1.73. The number of ether oxygens (including phenoxy) is 1. The molecule has 2 heterocycles. The van der Waals surface area contributed by atoms with Gasteiger partial charge in [-0.2, -0.15) is 0 Å². The highest BCUT2D eigenvalue weighted by atomic mass is 16.6. The second-order valence-electron chi connectivity index (χ2n) is 10.6. The third-order valence-corrected chi connectivity index (χ3v) is 10.0. The standard InChI is InChI=1S/C23H32O3/c1-21-8-5-16(24)11-15(21)3-4-18-17(21)6-9-22(2)19(14-7-10-25-13-14)12-20-23(18,22)26-20/h7,10,13,15-20,24H,3-6,8-9,11-12H2,1-2H3/t15?,16?,17-,18-,19?,20?,21+,22-,23+/m1/s1. The first-order chi connectivity index (χ1) is 12.5. The minimum absolute atomic E-state index is 0.0569. The smallest absolute Gasteiger partial charge is 0.104 e. The molecule has 1 aromatic rings. The Bertz CT molecular complexity index is 713. The number of hydrogen-bond donors (Lipinski definition) is 1. The topological polar surface area (TPSA) is 45.9 Å². The van der Waals surface area contributed by atoms with Gasteiger partial charge in [-0.05, 0) is 92.1 Å². The first-order valence-corrected chi connectivity index (χ1v) is 10.9. The third-order valence-electron chi connectivity index (χ3n) is 10.0. The van der Waals surface area contributed by atoms with Crippen molar-refractivity contribution in [3.8, 4) is 0 Å². The van der Waals surface area contributed by atoms with Crippen molar-refractivity contribution in [3.63, 3.8) is 0 Å². The molecule has 4 saturated carbocycles. The predicted molar refractivity (Wildman–Crippen MR) is 98.7 cm³/mol. The van der Waals surface area contributed by atoms with Crippen LogP contribution in [0.15, 0.2) is 23.0 Å². The summed E-state index contributed by atoms with van der Waals surface area (Å²) < 4.78 is 12.0. The van der Waals surface area contributed by atoms with Gasteiger partial charge in [0.15, 0.2) is 0 Å². The number of aliphatic hydroxyl groups is 1. The number of epoxide rings is 1. The van der Waals surface area contributed by atoms with Crippen LogP contribution < -0.4 is 0 Å². The van der Waals surface area contributed by atoms with Crippen LogP contribution in [0.2, 0.25) is 0 Å². The van der Waals surface area contributed by atoms with E-state index in [4.69, 9.17) is 9.15 Å². The summed E-state index contributed by atoms with van der Waals surface area (Å²) >= 11 is 0. The number of hydrogen-bond acceptors (Lipinski definition) is 3. The molecular formula is C23H32O3. The Balaban J connectivity index is 1.37. The zero-order valence-corrected chi connectivity index (χ0v) is 16.1. The molecule has 9 atom stereocenters. The van der Waals surface area contributed by atoms with Crippen molar-refractivity contribution < 1.29 is 14.3 Å². The van der Waals surface area contributed by atoms with Gasteiger partial charge in [-0.1, -0.05) is 13.8 Å². The van der Waals surface area contributed by atoms with Gasteiger partial charge >= 0.3 is 0 Å². The van der Waals surface area contributed by atoms with Gasteiger partial charge in [0.2, 0.25) is 0 Å². The van der Waals surface area contributed by atoms with Gasteiger partial charge in [0, 0.05) is 5.41 Å². The van der Waals surface area contributed by atoms with Crippen LogP contribution in [-0.4, -0.2) is 22.9 Å². The van der Waals surface area contributed by atoms with Crippen LogP contribution >= 0.6 is 0 Å². The summed E-state index contributed by atoms with van der Waals surface area (Å²) in [5.41, 5.74) is 2.20. The SMILES string of the molecule is C[C@]12CCC(O)CC1CC[C@@H]1[C@H]2CC[C@]2(C)C(c3ccoc3)CC3O[C@]312. The van der Waals surface area contributed by atoms with Crippen LogP contribution in [0.25, 0.3) is 0 Å². The highest BCUT2D eigenvalue weighted by Gasteiger charge is 2.80. The van der Waals surface area contributed by atoms with E-state index in [1.54, 1.807) is 0 Å². The number of aliphatic hydroxyl groups excluding tert-OH is 1. The average molecular weight is 357 g/mol. The molecule has 1 saturated heterocycles. The first kappa shape index (κ1) is 16.2. The van der Waals surface area contributed by atoms with E-state index in [1.165, 1.54) is 44.1 Å². The lowest BCUT2D eigenvalue weighted by molar-refractivity contribution is -0.139. The number of rotatable bonds is 1. The van der Waals surface area contributed by atoms with E-state index in [2.05, 4.69) is 19.9 Å². The zero-order chi connectivity index (χ0) is 17.7. The van der Waals surface area contributed by atoms with Crippen molar-refractivity contribution in [2.75, 3.05) is 0 Å². The molecule has 6 rings (SSSR count). The number of furan rings is 1. The van der Waals surface area contributed by atoms with Gasteiger partial charge in [0.05, 0.1) is 24.7 Å². The second-order valence-corrected chi connectivity index (χ2v) is 10.6. The summed E-state index contributed by atoms with van der Waals surface area (Å²) in [7, 11) is 0. The second kappa shape index (κ2) is 4.97. The molecule has 5 fully saturated rings. The van der Waals surface area contributed by atoms with Crippen molar-refractivity contribution in [1.82, 2.24) is 0 Å². The van der Waals surface area contributed by atoms with Crippen LogP contribution in [0.5, 0.6) is 0 Å². The summed E-state index contributed by atoms with van der Waals surface area (Å²) in [6.45, 7) is 5.08. The van der Waals surface area contributed by atoms with Crippen molar-refractivity contribution >= 4 is 0 Å². The van der Waals surface area contributed by atoms with Crippen LogP contribution in [0.1, 0.15) is 76.7 Å². The van der Waals surface area contributed by atoms with E-state index in [0.29, 0.717) is 17.4 Å². The van der Waals surface area contributed by atoms with Crippen LogP contribution in [0, 0.1) is 28.6 Å². The van der Waals surface area contributed by atoms with Gasteiger partial charge in [-0.3, -0.25) is 0 Å². The quantitative estimate of drug-likeness (QED) is 0.728. The average Bonchev–Trinajstić information content (AvgIpc) is 2.99. The van der Waals surface area contributed by atoms with Crippen LogP contribution in [0.4, 0.5) is 0 Å². The molecular weight excluding hydrogens is 324 g/mol. The molecule has 0 aromatic carbocycles. The molecule has 0 bridgehead atoms. The molecule has 4 unspecified atom stereocenters. The Morgan fingerprint density at radius 1 is 1.04 bits per heavy atom. The first-order valence-electron chi connectivity index (χ1n) is 10.9. The Hall–Kier alpha value is -0.800. The Kier molecular flexibility index (Phi) is 3.09. The maximum absolute atomic E-state index is 10.2. The summed E-state index contributed by atoms with van der Waals surface area (Å²) in [6, 6.07) is 2.18. The van der Waals surface area contributed by atoms with Gasteiger partial charge < -0.3 is 14.3 Å². The normalized spacial score (nSPS) is 57.7. The van der Waals surface area contributed by atoms with Crippen molar-refractivity contribution in [2.45, 2.75) is 88.9 Å². The highest BCUT2D eigenvalue weighted by Crippen LogP contribution is 2.77. The lowest BCUT2D eigenvalue weighted by Crippen LogP contribution is -2.58. The maximum atomic E-state index is 10.2. The molecule has 1 aromatic heterocycles. The molecule has 4 aliphatic carbocycles. The molecule has 5 aliphatic rings. The van der Waals surface area contributed by atoms with Gasteiger partial charge in [-0.15, -0.1) is 0 Å². The number of fused-ring (bicyclic) bond motifs is 3. The van der Waals surface area contributed by atoms with E-state index in [-0.39, 0.29) is 17.1 Å². The molecule has 142 valence electrons. The molecule has 1 aliphatic heterocycles. The van der Waals surface area contributed by atoms with Crippen LogP contribution in [-0.2, 0) is 4.74 Å². The lowest BCUT2D eigenvalue weighted by Gasteiger charge is -2.61. The molecule has 0 radical (unpaired) electrons. The van der Waals surface area contributed by atoms with Crippen molar-refractivity contribution in [3.05, 3.63) is 24.2 Å². The monoisotopic (exact) mass is 356 g/mol. The van der Waals surface area contributed by atoms with E-state index in [9.17, 15) is 5.11 Å². The fraction of sp³-hybridized carbons (Fsp3) is 0.826. The molecule has 3 heteroatoms. The zero-order valence-electron chi connectivity index (χ0n) is 16.1. The van der Waals surface area contributed by atoms with Gasteiger partial charge in [0.1, 0.15) is 5.60 Å². The fourth-order valence-corrected chi connectivity index (χ4v) is 8.64. The summed E-state index contributed by atoms with van der Waals surface area (Å²) in [4.78, 5) is 0. The summed E-state index contributed by atoms with van der Waals surface area (Å²) in [6.07, 6.45) is 13.9. The van der Waals surface area contributed by atoms with E-state index >= 15 is 0 Å². The van der Waals surface area contributed by atoms with Gasteiger partial charge in [0.25, 0.3) is 0 Å². The maximum Gasteiger partial charge on any atom is 0.104 e. The van der Waals surface area contributed by atoms with E-state index in [1.807, 2.05) is 12.5 Å². The highest BCUT2D eigenvalue weighted by molar-refractivity contribution is 5.35. The Morgan fingerprint density at radius 3 is 2.73 bits per heavy atom. The molecule has 1 spiro atoms. The predicted octanol–water partition coefficient (Wildman–Crippen LogP) is 4.90. The van der Waals surface area contributed by atoms with Gasteiger partial charge in [-0.25, -0.2) is 0 Å². The molecule has 3 nitrogen and oxygen atoms in total. The van der Waals surface area contributed by atoms with E-state index < -0.39 is 0 Å².